The molecular formula is C12H20N4O2. The first-order valence-electron chi connectivity index (χ1n) is 5.91. The summed E-state index contributed by atoms with van der Waals surface area (Å²) in [6.07, 6.45) is 3.04. The van der Waals surface area contributed by atoms with Gasteiger partial charge in [0.05, 0.1) is 17.9 Å². The number of carbonyl (C=O) groups excluding carboxylic acids is 1. The number of nitrogens with two attached hydrogens (primary N) is 1. The largest absolute Gasteiger partial charge is 0.379 e. The molecule has 4 N–H and O–H groups in total. The van der Waals surface area contributed by atoms with Crippen LogP contribution in [0.1, 0.15) is 24.2 Å². The number of pyridine rings is 1. The Kier molecular flexibility index (Phi) is 6.10. The van der Waals surface area contributed by atoms with Gasteiger partial charge in [0.15, 0.2) is 0 Å². The van der Waals surface area contributed by atoms with Crippen molar-refractivity contribution >= 4 is 11.6 Å². The van der Waals surface area contributed by atoms with E-state index in [0.29, 0.717) is 36.9 Å². The molecule has 1 aromatic rings. The lowest BCUT2D eigenvalue weighted by molar-refractivity contribution is 0.0886. The maximum Gasteiger partial charge on any atom is 0.255 e. The second kappa shape index (κ2) is 7.62. The molecule has 6 heteroatoms. The zero-order chi connectivity index (χ0) is 13.4. The number of nitrogen functional groups attached to an aromatic ring is 1. The van der Waals surface area contributed by atoms with Crippen LogP contribution in [0.3, 0.4) is 0 Å². The van der Waals surface area contributed by atoms with Crippen molar-refractivity contribution in [3.63, 3.8) is 0 Å². The zero-order valence-electron chi connectivity index (χ0n) is 10.8. The Labute approximate surface area is 107 Å². The molecule has 0 spiro atoms. The van der Waals surface area contributed by atoms with Gasteiger partial charge in [0.2, 0.25) is 0 Å². The minimum atomic E-state index is -0.218. The van der Waals surface area contributed by atoms with E-state index in [1.807, 2.05) is 0 Å². The van der Waals surface area contributed by atoms with Crippen LogP contribution in [-0.4, -0.2) is 30.6 Å². The summed E-state index contributed by atoms with van der Waals surface area (Å²) in [5, 5.41) is 2.75. The van der Waals surface area contributed by atoms with Gasteiger partial charge in [-0.25, -0.2) is 0 Å². The van der Waals surface area contributed by atoms with Crippen molar-refractivity contribution in [2.24, 2.45) is 11.8 Å². The Morgan fingerprint density at radius 1 is 1.56 bits per heavy atom. The monoisotopic (exact) mass is 252 g/mol. The highest BCUT2D eigenvalue weighted by Gasteiger charge is 2.09. The van der Waals surface area contributed by atoms with E-state index in [-0.39, 0.29) is 5.91 Å². The van der Waals surface area contributed by atoms with Crippen LogP contribution < -0.4 is 16.6 Å². The van der Waals surface area contributed by atoms with E-state index in [9.17, 15) is 4.79 Å². The van der Waals surface area contributed by atoms with Crippen molar-refractivity contribution in [2.75, 3.05) is 25.2 Å². The molecular weight excluding hydrogens is 232 g/mol. The molecule has 0 atom stereocenters. The summed E-state index contributed by atoms with van der Waals surface area (Å²) in [4.78, 5) is 15.7. The Morgan fingerprint density at radius 2 is 2.33 bits per heavy atom. The number of amides is 1. The Hall–Kier alpha value is -1.66. The number of carbonyl (C=O) groups is 1. The van der Waals surface area contributed by atoms with Crippen LogP contribution in [-0.2, 0) is 4.74 Å². The molecule has 0 fully saturated rings. The second-order valence-electron chi connectivity index (χ2n) is 4.29. The molecule has 1 rings (SSSR count). The summed E-state index contributed by atoms with van der Waals surface area (Å²) >= 11 is 0. The molecule has 18 heavy (non-hydrogen) atoms. The lowest BCUT2D eigenvalue weighted by Crippen LogP contribution is -2.29. The molecule has 100 valence electrons. The van der Waals surface area contributed by atoms with E-state index >= 15 is 0 Å². The number of hydrogen-bond acceptors (Lipinski definition) is 5. The summed E-state index contributed by atoms with van der Waals surface area (Å²) in [7, 11) is 0. The van der Waals surface area contributed by atoms with Gasteiger partial charge in [-0.15, -0.1) is 0 Å². The molecule has 6 nitrogen and oxygen atoms in total. The molecule has 0 aromatic carbocycles. The first kappa shape index (κ1) is 14.4. The predicted molar refractivity (Wildman–Crippen MR) is 70.0 cm³/mol. The summed E-state index contributed by atoms with van der Waals surface area (Å²) in [6.45, 7) is 5.80. The van der Waals surface area contributed by atoms with Gasteiger partial charge in [0.1, 0.15) is 0 Å². The van der Waals surface area contributed by atoms with Crippen LogP contribution in [0.25, 0.3) is 0 Å². The highest BCUT2D eigenvalue weighted by atomic mass is 16.5. The molecule has 1 aromatic heterocycles. The van der Waals surface area contributed by atoms with Crippen molar-refractivity contribution in [1.29, 1.82) is 0 Å². The smallest absolute Gasteiger partial charge is 0.255 e. The van der Waals surface area contributed by atoms with Crippen molar-refractivity contribution in [3.8, 4) is 0 Å². The zero-order valence-corrected chi connectivity index (χ0v) is 10.8. The van der Waals surface area contributed by atoms with E-state index in [4.69, 9.17) is 10.6 Å². The normalized spacial score (nSPS) is 10.4. The molecule has 0 saturated carbocycles. The summed E-state index contributed by atoms with van der Waals surface area (Å²) in [5.74, 6) is 5.59. The summed E-state index contributed by atoms with van der Waals surface area (Å²) in [6, 6.07) is 1.64. The standard InChI is InChI=1S/C12H20N4O2/c1-9(2)8-18-6-5-15-12(17)10-7-14-4-3-11(10)16-13/h3-4,7,9H,5-6,8,13H2,1-2H3,(H,14,16)(H,15,17). The fourth-order valence-corrected chi connectivity index (χ4v) is 1.35. The van der Waals surface area contributed by atoms with E-state index in [1.54, 1.807) is 12.3 Å². The maximum absolute atomic E-state index is 11.8. The van der Waals surface area contributed by atoms with Gasteiger partial charge in [-0.3, -0.25) is 15.6 Å². The van der Waals surface area contributed by atoms with E-state index in [0.717, 1.165) is 0 Å². The van der Waals surface area contributed by atoms with E-state index < -0.39 is 0 Å². The number of ether oxygens (including phenoxy) is 1. The van der Waals surface area contributed by atoms with Crippen molar-refractivity contribution in [3.05, 3.63) is 24.0 Å². The number of nitrogens with one attached hydrogen (secondary N) is 2. The van der Waals surface area contributed by atoms with Crippen molar-refractivity contribution in [2.45, 2.75) is 13.8 Å². The topological polar surface area (TPSA) is 89.3 Å². The fourth-order valence-electron chi connectivity index (χ4n) is 1.35. The second-order valence-corrected chi connectivity index (χ2v) is 4.29. The lowest BCUT2D eigenvalue weighted by Gasteiger charge is -2.10. The molecule has 0 bridgehead atoms. The molecule has 0 aliphatic heterocycles. The van der Waals surface area contributed by atoms with Crippen molar-refractivity contribution in [1.82, 2.24) is 10.3 Å². The Morgan fingerprint density at radius 3 is 3.00 bits per heavy atom. The molecule has 1 heterocycles. The third-order valence-corrected chi connectivity index (χ3v) is 2.20. The minimum absolute atomic E-state index is 0.218. The van der Waals surface area contributed by atoms with Crippen LogP contribution in [0, 0.1) is 5.92 Å². The van der Waals surface area contributed by atoms with Crippen LogP contribution in [0.2, 0.25) is 0 Å². The highest BCUT2D eigenvalue weighted by molar-refractivity contribution is 5.99. The van der Waals surface area contributed by atoms with Gasteiger partial charge in [-0.2, -0.15) is 0 Å². The lowest BCUT2D eigenvalue weighted by atomic mass is 10.2. The number of anilines is 1. The van der Waals surface area contributed by atoms with Gasteiger partial charge < -0.3 is 15.5 Å². The van der Waals surface area contributed by atoms with Gasteiger partial charge in [-0.1, -0.05) is 13.8 Å². The van der Waals surface area contributed by atoms with Gasteiger partial charge in [0, 0.05) is 25.5 Å². The summed E-state index contributed by atoms with van der Waals surface area (Å²) < 4.78 is 5.37. The third kappa shape index (κ3) is 4.68. The first-order chi connectivity index (χ1) is 8.65. The average Bonchev–Trinajstić information content (AvgIpc) is 2.37. The molecule has 0 aliphatic carbocycles. The fraction of sp³-hybridized carbons (Fsp3) is 0.500. The molecule has 0 saturated heterocycles. The quantitative estimate of drug-likeness (QED) is 0.379. The number of nitrogens with zero attached hydrogens (tertiary/aromatic N) is 1. The Bertz CT molecular complexity index is 382. The van der Waals surface area contributed by atoms with Crippen LogP contribution >= 0.6 is 0 Å². The van der Waals surface area contributed by atoms with E-state index in [2.05, 4.69) is 29.6 Å². The molecule has 0 unspecified atom stereocenters. The van der Waals surface area contributed by atoms with Gasteiger partial charge >= 0.3 is 0 Å². The van der Waals surface area contributed by atoms with Crippen LogP contribution in [0.5, 0.6) is 0 Å². The SMILES string of the molecule is CC(C)COCCNC(=O)c1cnccc1NN. The van der Waals surface area contributed by atoms with Crippen LogP contribution in [0.15, 0.2) is 18.5 Å². The maximum atomic E-state index is 11.8. The molecule has 1 amide bonds. The first-order valence-corrected chi connectivity index (χ1v) is 5.91. The highest BCUT2D eigenvalue weighted by Crippen LogP contribution is 2.11. The minimum Gasteiger partial charge on any atom is -0.379 e. The van der Waals surface area contributed by atoms with Gasteiger partial charge in [0.25, 0.3) is 5.91 Å². The Balaban J connectivity index is 2.36. The molecule has 0 radical (unpaired) electrons. The number of aromatic nitrogens is 1. The number of rotatable bonds is 7. The third-order valence-electron chi connectivity index (χ3n) is 2.20. The number of hydrazine groups is 1. The van der Waals surface area contributed by atoms with Crippen LogP contribution in [0.4, 0.5) is 5.69 Å². The van der Waals surface area contributed by atoms with Gasteiger partial charge in [-0.05, 0) is 12.0 Å². The summed E-state index contributed by atoms with van der Waals surface area (Å²) in [5.41, 5.74) is 3.43. The molecule has 0 aliphatic rings. The van der Waals surface area contributed by atoms with Crippen molar-refractivity contribution < 1.29 is 9.53 Å². The average molecular weight is 252 g/mol. The predicted octanol–water partition coefficient (Wildman–Crippen LogP) is 0.770. The van der Waals surface area contributed by atoms with E-state index in [1.165, 1.54) is 6.20 Å². The number of hydrogen-bond donors (Lipinski definition) is 3.